The molecule has 7 heteroatoms. The maximum absolute atomic E-state index is 5.78. The monoisotopic (exact) mass is 253 g/mol. The van der Waals surface area contributed by atoms with Gasteiger partial charge in [-0.25, -0.2) is 15.0 Å². The van der Waals surface area contributed by atoms with E-state index in [4.69, 9.17) is 5.73 Å². The van der Waals surface area contributed by atoms with Gasteiger partial charge < -0.3 is 10.7 Å². The van der Waals surface area contributed by atoms with Crippen molar-refractivity contribution in [2.75, 3.05) is 5.73 Å². The third-order valence-corrected chi connectivity index (χ3v) is 2.91. The first-order valence-electron chi connectivity index (χ1n) is 4.35. The molecule has 3 heterocycles. The Balaban J connectivity index is 0.000000963. The zero-order valence-corrected chi connectivity index (χ0v) is 9.68. The van der Waals surface area contributed by atoms with Crippen LogP contribution in [0.15, 0.2) is 23.8 Å². The van der Waals surface area contributed by atoms with Crippen molar-refractivity contribution in [1.82, 2.24) is 19.9 Å². The molecular formula is C9H8ClN5S. The summed E-state index contributed by atoms with van der Waals surface area (Å²) in [7, 11) is 0. The summed E-state index contributed by atoms with van der Waals surface area (Å²) in [4.78, 5) is 16.5. The van der Waals surface area contributed by atoms with Gasteiger partial charge in [-0.15, -0.1) is 23.7 Å². The molecule has 0 radical (unpaired) electrons. The van der Waals surface area contributed by atoms with E-state index in [1.165, 1.54) is 0 Å². The summed E-state index contributed by atoms with van der Waals surface area (Å²) in [5, 5.41) is 1.98. The van der Waals surface area contributed by atoms with E-state index >= 15 is 0 Å². The molecule has 0 atom stereocenters. The summed E-state index contributed by atoms with van der Waals surface area (Å²) in [6, 6.07) is 3.92. The second kappa shape index (κ2) is 4.07. The lowest BCUT2D eigenvalue weighted by Crippen LogP contribution is -1.96. The Morgan fingerprint density at radius 3 is 2.94 bits per heavy atom. The van der Waals surface area contributed by atoms with E-state index in [9.17, 15) is 0 Å². The van der Waals surface area contributed by atoms with Crippen molar-refractivity contribution in [2.24, 2.45) is 0 Å². The fourth-order valence-electron chi connectivity index (χ4n) is 1.37. The predicted octanol–water partition coefficient (Wildman–Crippen LogP) is 2.09. The molecule has 0 aliphatic heterocycles. The van der Waals surface area contributed by atoms with Crippen molar-refractivity contribution in [1.29, 1.82) is 0 Å². The van der Waals surface area contributed by atoms with E-state index in [0.717, 1.165) is 4.88 Å². The molecule has 0 aliphatic rings. The average Bonchev–Trinajstić information content (AvgIpc) is 2.88. The van der Waals surface area contributed by atoms with Crippen LogP contribution in [0.4, 0.5) is 5.82 Å². The highest BCUT2D eigenvalue weighted by Crippen LogP contribution is 2.24. The smallest absolute Gasteiger partial charge is 0.173 e. The molecule has 5 nitrogen and oxygen atoms in total. The summed E-state index contributed by atoms with van der Waals surface area (Å²) in [6.45, 7) is 0. The molecule has 0 aliphatic carbocycles. The molecular weight excluding hydrogens is 246 g/mol. The standard InChI is InChI=1S/C9H7N5S.ClH/c10-7-6-9(12-4-11-6)14-8(13-7)5-2-1-3-15-5;/h1-4H,(H3,10,11,12,13,14);1H. The molecule has 0 bridgehead atoms. The number of H-pyrrole nitrogens is 1. The third-order valence-electron chi connectivity index (χ3n) is 2.05. The van der Waals surface area contributed by atoms with Crippen molar-refractivity contribution in [3.63, 3.8) is 0 Å². The number of rotatable bonds is 1. The molecule has 3 N–H and O–H groups in total. The number of aromatic nitrogens is 4. The Morgan fingerprint density at radius 2 is 2.19 bits per heavy atom. The highest BCUT2D eigenvalue weighted by atomic mass is 35.5. The first-order valence-corrected chi connectivity index (χ1v) is 5.23. The van der Waals surface area contributed by atoms with Gasteiger partial charge in [-0.2, -0.15) is 0 Å². The number of imidazole rings is 1. The van der Waals surface area contributed by atoms with E-state index in [1.807, 2.05) is 17.5 Å². The number of fused-ring (bicyclic) bond motifs is 1. The number of nitrogen functional groups attached to an aromatic ring is 1. The van der Waals surface area contributed by atoms with Crippen LogP contribution in [0.1, 0.15) is 0 Å². The van der Waals surface area contributed by atoms with Crippen LogP contribution in [-0.4, -0.2) is 19.9 Å². The zero-order chi connectivity index (χ0) is 10.3. The molecule has 3 aromatic rings. The molecule has 0 saturated heterocycles. The fraction of sp³-hybridized carbons (Fsp3) is 0. The molecule has 82 valence electrons. The molecule has 16 heavy (non-hydrogen) atoms. The summed E-state index contributed by atoms with van der Waals surface area (Å²) in [5.41, 5.74) is 7.07. The zero-order valence-electron chi connectivity index (χ0n) is 8.04. The molecule has 0 fully saturated rings. The van der Waals surface area contributed by atoms with Crippen LogP contribution in [0, 0.1) is 0 Å². The Hall–Kier alpha value is -1.66. The minimum atomic E-state index is 0. The van der Waals surface area contributed by atoms with Crippen molar-refractivity contribution in [3.05, 3.63) is 23.8 Å². The normalized spacial score (nSPS) is 10.2. The minimum Gasteiger partial charge on any atom is -0.382 e. The maximum Gasteiger partial charge on any atom is 0.173 e. The number of hydrogen-bond acceptors (Lipinski definition) is 5. The van der Waals surface area contributed by atoms with Crippen LogP contribution < -0.4 is 5.73 Å². The van der Waals surface area contributed by atoms with E-state index in [1.54, 1.807) is 17.7 Å². The number of nitrogens with two attached hydrogens (primary N) is 1. The molecule has 0 spiro atoms. The van der Waals surface area contributed by atoms with Gasteiger partial charge in [0, 0.05) is 0 Å². The fourth-order valence-corrected chi connectivity index (χ4v) is 2.03. The number of anilines is 1. The number of hydrogen-bond donors (Lipinski definition) is 2. The second-order valence-corrected chi connectivity index (χ2v) is 3.96. The van der Waals surface area contributed by atoms with E-state index in [-0.39, 0.29) is 12.4 Å². The number of nitrogens with one attached hydrogen (secondary N) is 1. The van der Waals surface area contributed by atoms with Gasteiger partial charge in [0.1, 0.15) is 5.52 Å². The van der Waals surface area contributed by atoms with E-state index < -0.39 is 0 Å². The van der Waals surface area contributed by atoms with Gasteiger partial charge in [-0.05, 0) is 11.4 Å². The first-order chi connectivity index (χ1) is 7.34. The van der Waals surface area contributed by atoms with Crippen LogP contribution in [0.3, 0.4) is 0 Å². The lowest BCUT2D eigenvalue weighted by atomic mass is 10.4. The molecule has 0 amide bonds. The van der Waals surface area contributed by atoms with Gasteiger partial charge in [0.15, 0.2) is 17.3 Å². The van der Waals surface area contributed by atoms with Gasteiger partial charge in [0.05, 0.1) is 11.2 Å². The van der Waals surface area contributed by atoms with Crippen LogP contribution in [0.25, 0.3) is 21.9 Å². The summed E-state index contributed by atoms with van der Waals surface area (Å²) in [6.07, 6.45) is 1.56. The van der Waals surface area contributed by atoms with Crippen LogP contribution in [-0.2, 0) is 0 Å². The average molecular weight is 254 g/mol. The molecule has 0 aromatic carbocycles. The summed E-state index contributed by atoms with van der Waals surface area (Å²) < 4.78 is 0. The van der Waals surface area contributed by atoms with Crippen LogP contribution >= 0.6 is 23.7 Å². The number of nitrogens with zero attached hydrogens (tertiary/aromatic N) is 3. The van der Waals surface area contributed by atoms with E-state index in [2.05, 4.69) is 19.9 Å². The van der Waals surface area contributed by atoms with Gasteiger partial charge in [-0.3, -0.25) is 0 Å². The Morgan fingerprint density at radius 1 is 1.31 bits per heavy atom. The van der Waals surface area contributed by atoms with Gasteiger partial charge in [-0.1, -0.05) is 6.07 Å². The molecule has 0 unspecified atom stereocenters. The number of thiophene rings is 1. The topological polar surface area (TPSA) is 80.5 Å². The van der Waals surface area contributed by atoms with Crippen molar-refractivity contribution in [3.8, 4) is 10.7 Å². The SMILES string of the molecule is Cl.Nc1nc(-c2cccs2)nc2[nH]cnc12. The van der Waals surface area contributed by atoms with Gasteiger partial charge in [0.2, 0.25) is 0 Å². The third kappa shape index (κ3) is 1.62. The maximum atomic E-state index is 5.78. The predicted molar refractivity (Wildman–Crippen MR) is 66.7 cm³/mol. The van der Waals surface area contributed by atoms with Crippen LogP contribution in [0.5, 0.6) is 0 Å². The van der Waals surface area contributed by atoms with Crippen LogP contribution in [0.2, 0.25) is 0 Å². The van der Waals surface area contributed by atoms with Crippen molar-refractivity contribution >= 4 is 40.7 Å². The first kappa shape index (κ1) is 10.8. The number of halogens is 1. The molecule has 3 aromatic heterocycles. The largest absolute Gasteiger partial charge is 0.382 e. The Kier molecular flexibility index (Phi) is 2.76. The number of aromatic amines is 1. The summed E-state index contributed by atoms with van der Waals surface area (Å²) in [5.74, 6) is 1.05. The highest BCUT2D eigenvalue weighted by molar-refractivity contribution is 7.13. The lowest BCUT2D eigenvalue weighted by molar-refractivity contribution is 1.22. The quantitative estimate of drug-likeness (QED) is 0.696. The molecule has 0 saturated carbocycles. The Labute approximate surface area is 101 Å². The lowest BCUT2D eigenvalue weighted by Gasteiger charge is -1.98. The van der Waals surface area contributed by atoms with Gasteiger partial charge >= 0.3 is 0 Å². The summed E-state index contributed by atoms with van der Waals surface area (Å²) >= 11 is 1.58. The van der Waals surface area contributed by atoms with Gasteiger partial charge in [0.25, 0.3) is 0 Å². The highest BCUT2D eigenvalue weighted by Gasteiger charge is 2.09. The van der Waals surface area contributed by atoms with Crippen molar-refractivity contribution < 1.29 is 0 Å². The Bertz CT molecular complexity index is 603. The second-order valence-electron chi connectivity index (χ2n) is 3.01. The molecule has 3 rings (SSSR count). The van der Waals surface area contributed by atoms with E-state index in [0.29, 0.717) is 22.8 Å². The minimum absolute atomic E-state index is 0. The van der Waals surface area contributed by atoms with Crippen molar-refractivity contribution in [2.45, 2.75) is 0 Å².